The summed E-state index contributed by atoms with van der Waals surface area (Å²) in [6, 6.07) is 0. The van der Waals surface area contributed by atoms with Crippen molar-refractivity contribution < 1.29 is 14.6 Å². The Balaban J connectivity index is 2.01. The summed E-state index contributed by atoms with van der Waals surface area (Å²) < 4.78 is 5.24. The number of carbonyl (C=O) groups is 1. The van der Waals surface area contributed by atoms with Gasteiger partial charge in [0.2, 0.25) is 0 Å². The summed E-state index contributed by atoms with van der Waals surface area (Å²) in [7, 11) is 0. The maximum Gasteiger partial charge on any atom is 0.276 e. The Labute approximate surface area is 86.0 Å². The Hall–Kier alpha value is -1.47. The topological polar surface area (TPSA) is 91.3 Å². The SMILES string of the molecule is O=C(c1cn[nH]n1)N1CCOC(CO)C1. The lowest BCUT2D eigenvalue weighted by atomic mass is 10.2. The lowest BCUT2D eigenvalue weighted by Crippen LogP contribution is -2.47. The molecule has 0 bridgehead atoms. The molecule has 0 aromatic carbocycles. The number of hydrogen-bond acceptors (Lipinski definition) is 5. The van der Waals surface area contributed by atoms with E-state index in [0.29, 0.717) is 19.7 Å². The molecule has 2 heterocycles. The van der Waals surface area contributed by atoms with Crippen LogP contribution in [-0.4, -0.2) is 63.7 Å². The van der Waals surface area contributed by atoms with Gasteiger partial charge in [-0.3, -0.25) is 4.79 Å². The number of hydrogen-bond donors (Lipinski definition) is 2. The second kappa shape index (κ2) is 4.37. The maximum absolute atomic E-state index is 11.8. The van der Waals surface area contributed by atoms with Crippen LogP contribution in [0.1, 0.15) is 10.5 Å². The molecule has 15 heavy (non-hydrogen) atoms. The van der Waals surface area contributed by atoms with Gasteiger partial charge in [-0.05, 0) is 0 Å². The van der Waals surface area contributed by atoms with Crippen LogP contribution in [0.3, 0.4) is 0 Å². The van der Waals surface area contributed by atoms with Crippen LogP contribution in [0.15, 0.2) is 6.20 Å². The highest BCUT2D eigenvalue weighted by Gasteiger charge is 2.25. The molecule has 0 aliphatic carbocycles. The summed E-state index contributed by atoms with van der Waals surface area (Å²) in [6.07, 6.45) is 1.08. The van der Waals surface area contributed by atoms with E-state index in [0.717, 1.165) is 0 Å². The van der Waals surface area contributed by atoms with E-state index in [1.54, 1.807) is 4.90 Å². The van der Waals surface area contributed by atoms with Crippen molar-refractivity contribution in [3.05, 3.63) is 11.9 Å². The molecule has 7 nitrogen and oxygen atoms in total. The van der Waals surface area contributed by atoms with Gasteiger partial charge in [0.05, 0.1) is 25.5 Å². The number of H-pyrrole nitrogens is 1. The van der Waals surface area contributed by atoms with Crippen LogP contribution >= 0.6 is 0 Å². The number of nitrogens with zero attached hydrogens (tertiary/aromatic N) is 3. The number of aliphatic hydroxyl groups is 1. The largest absolute Gasteiger partial charge is 0.394 e. The van der Waals surface area contributed by atoms with Crippen LogP contribution in [0, 0.1) is 0 Å². The zero-order valence-corrected chi connectivity index (χ0v) is 8.09. The summed E-state index contributed by atoms with van der Waals surface area (Å²) in [5.74, 6) is -0.189. The fourth-order valence-corrected chi connectivity index (χ4v) is 1.48. The molecule has 1 aliphatic heterocycles. The average Bonchev–Trinajstić information content (AvgIpc) is 2.81. The first kappa shape index (κ1) is 10.1. The standard InChI is InChI=1S/C8H12N4O3/c13-5-6-4-12(1-2-15-6)8(14)7-3-9-11-10-7/h3,6,13H,1-2,4-5H2,(H,9,10,11). The molecule has 2 N–H and O–H groups in total. The fourth-order valence-electron chi connectivity index (χ4n) is 1.48. The molecule has 7 heteroatoms. The van der Waals surface area contributed by atoms with Gasteiger partial charge in [0, 0.05) is 13.1 Å². The predicted molar refractivity (Wildman–Crippen MR) is 49.1 cm³/mol. The minimum Gasteiger partial charge on any atom is -0.394 e. The van der Waals surface area contributed by atoms with E-state index in [4.69, 9.17) is 9.84 Å². The number of ether oxygens (including phenoxy) is 1. The smallest absolute Gasteiger partial charge is 0.276 e. The maximum atomic E-state index is 11.8. The van der Waals surface area contributed by atoms with Crippen LogP contribution in [0.25, 0.3) is 0 Å². The zero-order chi connectivity index (χ0) is 10.7. The van der Waals surface area contributed by atoms with Gasteiger partial charge in [0.1, 0.15) is 0 Å². The van der Waals surface area contributed by atoms with Gasteiger partial charge >= 0.3 is 0 Å². The Morgan fingerprint density at radius 3 is 3.33 bits per heavy atom. The zero-order valence-electron chi connectivity index (χ0n) is 8.09. The lowest BCUT2D eigenvalue weighted by molar-refractivity contribution is -0.0448. The summed E-state index contributed by atoms with van der Waals surface area (Å²) in [5.41, 5.74) is 0.286. The molecule has 1 saturated heterocycles. The van der Waals surface area contributed by atoms with Crippen molar-refractivity contribution in [1.82, 2.24) is 20.3 Å². The van der Waals surface area contributed by atoms with Crippen molar-refractivity contribution in [1.29, 1.82) is 0 Å². The van der Waals surface area contributed by atoms with Gasteiger partial charge < -0.3 is 14.7 Å². The van der Waals surface area contributed by atoms with Gasteiger partial charge in [-0.25, -0.2) is 0 Å². The molecule has 1 atom stereocenters. The number of rotatable bonds is 2. The van der Waals surface area contributed by atoms with E-state index in [-0.39, 0.29) is 24.3 Å². The molecule has 1 aromatic rings. The van der Waals surface area contributed by atoms with Crippen LogP contribution in [0.5, 0.6) is 0 Å². The summed E-state index contributed by atoms with van der Waals surface area (Å²) in [4.78, 5) is 13.4. The Kier molecular flexibility index (Phi) is 2.93. The van der Waals surface area contributed by atoms with Gasteiger partial charge in [0.15, 0.2) is 5.69 Å². The minimum atomic E-state index is -0.297. The second-order valence-corrected chi connectivity index (χ2v) is 3.28. The molecule has 82 valence electrons. The quantitative estimate of drug-likeness (QED) is 0.631. The summed E-state index contributed by atoms with van der Waals surface area (Å²) in [6.45, 7) is 1.27. The molecule has 1 aromatic heterocycles. The first-order valence-electron chi connectivity index (χ1n) is 4.68. The molecule has 2 rings (SSSR count). The molecule has 1 aliphatic rings. The highest BCUT2D eigenvalue weighted by atomic mass is 16.5. The van der Waals surface area contributed by atoms with Crippen molar-refractivity contribution in [3.8, 4) is 0 Å². The van der Waals surface area contributed by atoms with Crippen molar-refractivity contribution in [2.75, 3.05) is 26.3 Å². The Morgan fingerprint density at radius 1 is 1.80 bits per heavy atom. The minimum absolute atomic E-state index is 0.0808. The number of morpholine rings is 1. The number of aliphatic hydroxyl groups excluding tert-OH is 1. The van der Waals surface area contributed by atoms with Gasteiger partial charge in [-0.15, -0.1) is 0 Å². The van der Waals surface area contributed by atoms with E-state index >= 15 is 0 Å². The monoisotopic (exact) mass is 212 g/mol. The van der Waals surface area contributed by atoms with Gasteiger partial charge in [-0.1, -0.05) is 0 Å². The molecule has 1 unspecified atom stereocenters. The summed E-state index contributed by atoms with van der Waals surface area (Å²) >= 11 is 0. The van der Waals surface area contributed by atoms with Crippen molar-refractivity contribution >= 4 is 5.91 Å². The van der Waals surface area contributed by atoms with E-state index in [9.17, 15) is 4.79 Å². The third-order valence-electron chi connectivity index (χ3n) is 2.26. The fraction of sp³-hybridized carbons (Fsp3) is 0.625. The number of amides is 1. The number of nitrogens with one attached hydrogen (secondary N) is 1. The highest BCUT2D eigenvalue weighted by Crippen LogP contribution is 2.07. The van der Waals surface area contributed by atoms with Crippen LogP contribution in [0.2, 0.25) is 0 Å². The molecular formula is C8H12N4O3. The van der Waals surface area contributed by atoms with E-state index < -0.39 is 0 Å². The molecule has 1 amide bonds. The molecular weight excluding hydrogens is 200 g/mol. The Morgan fingerprint density at radius 2 is 2.67 bits per heavy atom. The van der Waals surface area contributed by atoms with E-state index in [1.165, 1.54) is 6.20 Å². The van der Waals surface area contributed by atoms with E-state index in [2.05, 4.69) is 15.4 Å². The lowest BCUT2D eigenvalue weighted by Gasteiger charge is -2.31. The number of carbonyl (C=O) groups excluding carboxylic acids is 1. The first-order valence-corrected chi connectivity index (χ1v) is 4.68. The predicted octanol–water partition coefficient (Wildman–Crippen LogP) is -1.36. The average molecular weight is 212 g/mol. The number of aromatic nitrogens is 3. The normalized spacial score (nSPS) is 21.7. The molecule has 0 radical (unpaired) electrons. The van der Waals surface area contributed by atoms with Crippen LogP contribution in [0.4, 0.5) is 0 Å². The third-order valence-corrected chi connectivity index (χ3v) is 2.26. The van der Waals surface area contributed by atoms with Crippen molar-refractivity contribution in [2.45, 2.75) is 6.10 Å². The van der Waals surface area contributed by atoms with E-state index in [1.807, 2.05) is 0 Å². The van der Waals surface area contributed by atoms with Crippen LogP contribution in [-0.2, 0) is 4.74 Å². The van der Waals surface area contributed by atoms with Crippen molar-refractivity contribution in [2.24, 2.45) is 0 Å². The van der Waals surface area contributed by atoms with Gasteiger partial charge in [-0.2, -0.15) is 15.4 Å². The summed E-state index contributed by atoms with van der Waals surface area (Å²) in [5, 5.41) is 18.6. The Bertz CT molecular complexity index is 327. The molecule has 0 saturated carbocycles. The molecule has 1 fully saturated rings. The highest BCUT2D eigenvalue weighted by molar-refractivity contribution is 5.91. The third kappa shape index (κ3) is 2.13. The molecule has 0 spiro atoms. The number of aromatic amines is 1. The van der Waals surface area contributed by atoms with Gasteiger partial charge in [0.25, 0.3) is 5.91 Å². The first-order chi connectivity index (χ1) is 7.31. The van der Waals surface area contributed by atoms with Crippen LogP contribution < -0.4 is 0 Å². The second-order valence-electron chi connectivity index (χ2n) is 3.28. The van der Waals surface area contributed by atoms with Crippen molar-refractivity contribution in [3.63, 3.8) is 0 Å².